The predicted octanol–water partition coefficient (Wildman–Crippen LogP) is 2.15. The summed E-state index contributed by atoms with van der Waals surface area (Å²) in [7, 11) is 1.58. The van der Waals surface area contributed by atoms with E-state index in [0.29, 0.717) is 16.9 Å². The maximum atomic E-state index is 12.1. The van der Waals surface area contributed by atoms with Gasteiger partial charge in [-0.05, 0) is 20.8 Å². The lowest BCUT2D eigenvalue weighted by molar-refractivity contribution is -0.114. The first-order chi connectivity index (χ1) is 12.0. The minimum absolute atomic E-state index is 0.246. The van der Waals surface area contributed by atoms with Crippen molar-refractivity contribution >= 4 is 23.5 Å². The number of aromatic nitrogens is 3. The Morgan fingerprint density at radius 1 is 1.15 bits per heavy atom. The molecule has 0 aliphatic heterocycles. The molecule has 138 valence electrons. The van der Waals surface area contributed by atoms with Gasteiger partial charge >= 0.3 is 6.09 Å². The van der Waals surface area contributed by atoms with E-state index in [-0.39, 0.29) is 17.3 Å². The van der Waals surface area contributed by atoms with Gasteiger partial charge in [-0.15, -0.1) is 0 Å². The minimum Gasteiger partial charge on any atom is -0.444 e. The van der Waals surface area contributed by atoms with Crippen LogP contribution in [0, 0.1) is 0 Å². The topological polar surface area (TPSA) is 115 Å². The third-order valence-corrected chi connectivity index (χ3v) is 3.10. The standard InChI is InChI=1S/C17H21N5O4/c1-10(23)20-14-6-13(21-16(25)26-17(2,3)4)11(8-18-14)12-7-15(24)22(5)9-19-12/h6-9H,1-5H3,(H2,18,20,21,23,25). The Bertz CT molecular complexity index is 899. The van der Waals surface area contributed by atoms with Crippen LogP contribution in [-0.4, -0.2) is 32.1 Å². The van der Waals surface area contributed by atoms with Gasteiger partial charge in [-0.25, -0.2) is 14.8 Å². The first-order valence-corrected chi connectivity index (χ1v) is 7.86. The van der Waals surface area contributed by atoms with Crippen LogP contribution < -0.4 is 16.2 Å². The molecule has 9 nitrogen and oxygen atoms in total. The number of aryl methyl sites for hydroxylation is 1. The van der Waals surface area contributed by atoms with E-state index in [1.54, 1.807) is 27.8 Å². The third-order valence-electron chi connectivity index (χ3n) is 3.10. The average Bonchev–Trinajstić information content (AvgIpc) is 2.48. The molecule has 0 spiro atoms. The molecule has 0 saturated heterocycles. The second-order valence-corrected chi connectivity index (χ2v) is 6.65. The number of carbonyl (C=O) groups is 2. The van der Waals surface area contributed by atoms with Crippen LogP contribution >= 0.6 is 0 Å². The largest absolute Gasteiger partial charge is 0.444 e. The highest BCUT2D eigenvalue weighted by atomic mass is 16.6. The average molecular weight is 359 g/mol. The molecule has 0 aliphatic carbocycles. The highest BCUT2D eigenvalue weighted by molar-refractivity contribution is 5.94. The summed E-state index contributed by atoms with van der Waals surface area (Å²) in [4.78, 5) is 43.6. The molecule has 0 aliphatic rings. The second-order valence-electron chi connectivity index (χ2n) is 6.65. The van der Waals surface area contributed by atoms with Crippen LogP contribution in [0.1, 0.15) is 27.7 Å². The monoisotopic (exact) mass is 359 g/mol. The number of carbonyl (C=O) groups excluding carboxylic acids is 2. The van der Waals surface area contributed by atoms with Crippen LogP contribution in [-0.2, 0) is 16.6 Å². The van der Waals surface area contributed by atoms with E-state index in [0.717, 1.165) is 0 Å². The van der Waals surface area contributed by atoms with Gasteiger partial charge in [0.15, 0.2) is 0 Å². The van der Waals surface area contributed by atoms with Crippen molar-refractivity contribution in [2.75, 3.05) is 10.6 Å². The van der Waals surface area contributed by atoms with Crippen molar-refractivity contribution in [3.05, 3.63) is 35.0 Å². The summed E-state index contributed by atoms with van der Waals surface area (Å²) in [6.07, 6.45) is 2.11. The zero-order valence-corrected chi connectivity index (χ0v) is 15.3. The lowest BCUT2D eigenvalue weighted by Gasteiger charge is -2.20. The molecule has 2 rings (SSSR count). The molecule has 2 amide bonds. The maximum Gasteiger partial charge on any atom is 0.412 e. The van der Waals surface area contributed by atoms with E-state index < -0.39 is 11.7 Å². The Morgan fingerprint density at radius 2 is 1.85 bits per heavy atom. The molecule has 0 saturated carbocycles. The summed E-state index contributed by atoms with van der Waals surface area (Å²) in [6.45, 7) is 6.57. The molecule has 2 aromatic heterocycles. The molecule has 2 N–H and O–H groups in total. The molecular formula is C17H21N5O4. The fraction of sp³-hybridized carbons (Fsp3) is 0.353. The molecule has 9 heteroatoms. The summed E-state index contributed by atoms with van der Waals surface area (Å²) in [5, 5.41) is 5.15. The highest BCUT2D eigenvalue weighted by Crippen LogP contribution is 2.27. The summed E-state index contributed by atoms with van der Waals surface area (Å²) in [5.41, 5.74) is 0.116. The van der Waals surface area contributed by atoms with Crippen molar-refractivity contribution in [3.8, 4) is 11.3 Å². The zero-order chi connectivity index (χ0) is 19.5. The van der Waals surface area contributed by atoms with Gasteiger partial charge in [-0.2, -0.15) is 0 Å². The quantitative estimate of drug-likeness (QED) is 0.867. The van der Waals surface area contributed by atoms with E-state index in [9.17, 15) is 14.4 Å². The Morgan fingerprint density at radius 3 is 2.42 bits per heavy atom. The van der Waals surface area contributed by atoms with Crippen LogP contribution in [0.5, 0.6) is 0 Å². The van der Waals surface area contributed by atoms with Crippen LogP contribution in [0.4, 0.5) is 16.3 Å². The molecule has 2 aromatic rings. The molecule has 0 aromatic carbocycles. The number of amides is 2. The van der Waals surface area contributed by atoms with Gasteiger partial charge in [0.25, 0.3) is 5.56 Å². The van der Waals surface area contributed by atoms with Gasteiger partial charge in [0.2, 0.25) is 5.91 Å². The lowest BCUT2D eigenvalue weighted by atomic mass is 10.1. The lowest BCUT2D eigenvalue weighted by Crippen LogP contribution is -2.27. The van der Waals surface area contributed by atoms with Gasteiger partial charge in [-0.1, -0.05) is 0 Å². The number of anilines is 2. The van der Waals surface area contributed by atoms with Crippen molar-refractivity contribution in [2.45, 2.75) is 33.3 Å². The van der Waals surface area contributed by atoms with Crippen LogP contribution in [0.2, 0.25) is 0 Å². The normalized spacial score (nSPS) is 11.0. The summed E-state index contributed by atoms with van der Waals surface area (Å²) in [6, 6.07) is 2.80. The maximum absolute atomic E-state index is 12.1. The van der Waals surface area contributed by atoms with Gasteiger partial charge in [-0.3, -0.25) is 14.9 Å². The number of nitrogens with one attached hydrogen (secondary N) is 2. The Labute approximate surface area is 150 Å². The second kappa shape index (κ2) is 7.34. The molecule has 2 heterocycles. The summed E-state index contributed by atoms with van der Waals surface area (Å²) in [5.74, 6) is -0.0590. The number of pyridine rings is 1. The van der Waals surface area contributed by atoms with E-state index in [1.807, 2.05) is 0 Å². The summed E-state index contributed by atoms with van der Waals surface area (Å²) < 4.78 is 6.58. The SMILES string of the molecule is CC(=O)Nc1cc(NC(=O)OC(C)(C)C)c(-c2cc(=O)n(C)cn2)cn1. The fourth-order valence-corrected chi connectivity index (χ4v) is 2.03. The van der Waals surface area contributed by atoms with E-state index in [2.05, 4.69) is 20.6 Å². The number of nitrogens with zero attached hydrogens (tertiary/aromatic N) is 3. The Hall–Kier alpha value is -3.23. The first-order valence-electron chi connectivity index (χ1n) is 7.86. The Balaban J connectivity index is 2.45. The molecule has 0 fully saturated rings. The van der Waals surface area contributed by atoms with Gasteiger partial charge < -0.3 is 14.6 Å². The van der Waals surface area contributed by atoms with E-state index in [4.69, 9.17) is 4.74 Å². The van der Waals surface area contributed by atoms with Gasteiger partial charge in [0.1, 0.15) is 11.4 Å². The Kier molecular flexibility index (Phi) is 5.39. The first kappa shape index (κ1) is 19.1. The molecule has 26 heavy (non-hydrogen) atoms. The molecular weight excluding hydrogens is 338 g/mol. The fourth-order valence-electron chi connectivity index (χ4n) is 2.03. The summed E-state index contributed by atoms with van der Waals surface area (Å²) >= 11 is 0. The zero-order valence-electron chi connectivity index (χ0n) is 15.3. The molecule has 0 unspecified atom stereocenters. The third kappa shape index (κ3) is 5.13. The van der Waals surface area contributed by atoms with Crippen molar-refractivity contribution in [1.82, 2.24) is 14.5 Å². The number of rotatable bonds is 3. The molecule has 0 radical (unpaired) electrons. The van der Waals surface area contributed by atoms with Crippen LogP contribution in [0.25, 0.3) is 11.3 Å². The van der Waals surface area contributed by atoms with Crippen molar-refractivity contribution in [2.24, 2.45) is 7.05 Å². The highest BCUT2D eigenvalue weighted by Gasteiger charge is 2.19. The van der Waals surface area contributed by atoms with Crippen molar-refractivity contribution in [1.29, 1.82) is 0 Å². The van der Waals surface area contributed by atoms with Crippen molar-refractivity contribution < 1.29 is 14.3 Å². The molecule has 0 bridgehead atoms. The predicted molar refractivity (Wildman–Crippen MR) is 96.9 cm³/mol. The van der Waals surface area contributed by atoms with E-state index in [1.165, 1.54) is 36.1 Å². The van der Waals surface area contributed by atoms with Crippen LogP contribution in [0.15, 0.2) is 29.5 Å². The van der Waals surface area contributed by atoms with Gasteiger partial charge in [0.05, 0.1) is 17.7 Å². The van der Waals surface area contributed by atoms with E-state index >= 15 is 0 Å². The minimum atomic E-state index is -0.682. The number of hydrogen-bond acceptors (Lipinski definition) is 6. The molecule has 0 atom stereocenters. The van der Waals surface area contributed by atoms with Crippen LogP contribution in [0.3, 0.4) is 0 Å². The number of hydrogen-bond donors (Lipinski definition) is 2. The van der Waals surface area contributed by atoms with Crippen molar-refractivity contribution in [3.63, 3.8) is 0 Å². The van der Waals surface area contributed by atoms with Gasteiger partial charge in [0, 0.05) is 37.9 Å². The smallest absolute Gasteiger partial charge is 0.412 e. The number of ether oxygens (including phenoxy) is 1.